The number of benzene rings is 1. The van der Waals surface area contributed by atoms with Crippen molar-refractivity contribution in [3.63, 3.8) is 0 Å². The van der Waals surface area contributed by atoms with Gasteiger partial charge in [-0.15, -0.1) is 0 Å². The molecule has 0 amide bonds. The summed E-state index contributed by atoms with van der Waals surface area (Å²) in [6.07, 6.45) is 0. The van der Waals surface area contributed by atoms with Gasteiger partial charge in [0.1, 0.15) is 11.4 Å². The van der Waals surface area contributed by atoms with Crippen LogP contribution in [0.5, 0.6) is 5.75 Å². The van der Waals surface area contributed by atoms with Crippen molar-refractivity contribution in [2.45, 2.75) is 29.0 Å². The van der Waals surface area contributed by atoms with Crippen molar-refractivity contribution in [1.29, 1.82) is 0 Å². The molecule has 1 fully saturated rings. The smallest absolute Gasteiger partial charge is 0.370 e. The lowest BCUT2D eigenvalue weighted by Crippen LogP contribution is -2.87. The molecule has 0 aliphatic carbocycles. The Hall–Kier alpha value is -2.64. The highest BCUT2D eigenvalue weighted by Gasteiger charge is 2.77. The van der Waals surface area contributed by atoms with Crippen LogP contribution in [-0.2, 0) is 15.1 Å². The van der Waals surface area contributed by atoms with Crippen LogP contribution in [0.15, 0.2) is 4.42 Å². The predicted octanol–water partition coefficient (Wildman–Crippen LogP) is -5.06. The first-order valence-corrected chi connectivity index (χ1v) is 8.56. The zero-order chi connectivity index (χ0) is 22.7. The quantitative estimate of drug-likeness (QED) is 0.115. The van der Waals surface area contributed by atoms with Crippen molar-refractivity contribution in [2.75, 3.05) is 30.0 Å². The summed E-state index contributed by atoms with van der Waals surface area (Å²) in [4.78, 5) is 0. The molecule has 16 nitrogen and oxygen atoms in total. The third-order valence-corrected chi connectivity index (χ3v) is 5.63. The van der Waals surface area contributed by atoms with Crippen LogP contribution in [0.25, 0.3) is 11.0 Å². The van der Waals surface area contributed by atoms with Gasteiger partial charge in [0.15, 0.2) is 17.0 Å². The van der Waals surface area contributed by atoms with E-state index in [1.54, 1.807) is 0 Å². The van der Waals surface area contributed by atoms with Gasteiger partial charge in [-0.25, -0.2) is 0 Å². The van der Waals surface area contributed by atoms with Crippen molar-refractivity contribution >= 4 is 33.9 Å². The van der Waals surface area contributed by atoms with E-state index in [0.29, 0.717) is 0 Å². The summed E-state index contributed by atoms with van der Waals surface area (Å²) in [5, 5.41) is 2.87. The summed E-state index contributed by atoms with van der Waals surface area (Å²) in [6, 6.07) is 0. The third kappa shape index (κ3) is 2.02. The van der Waals surface area contributed by atoms with E-state index in [-0.39, 0.29) is 45.2 Å². The Bertz CT molecular complexity index is 1060. The highest BCUT2D eigenvalue weighted by atomic mass is 16.9. The number of rotatable bonds is 1. The van der Waals surface area contributed by atoms with Crippen LogP contribution in [0.1, 0.15) is 5.56 Å². The van der Waals surface area contributed by atoms with E-state index in [1.807, 2.05) is 0 Å². The van der Waals surface area contributed by atoms with Gasteiger partial charge in [-0.3, -0.25) is 37.7 Å². The number of ether oxygens (including phenoxy) is 3. The Morgan fingerprint density at radius 3 is 1.80 bits per heavy atom. The zero-order valence-electron chi connectivity index (χ0n) is 16.0. The Labute approximate surface area is 169 Å². The number of likely N-dealkylation sites (N-methyl/N-ethyl adjacent to an activating group) is 1. The lowest BCUT2D eigenvalue weighted by molar-refractivity contribution is -0.369. The van der Waals surface area contributed by atoms with E-state index in [2.05, 4.69) is 5.32 Å². The molecule has 0 bridgehead atoms. The van der Waals surface area contributed by atoms with Gasteiger partial charge in [0.2, 0.25) is 17.6 Å². The minimum atomic E-state index is -2.46. The molecule has 0 saturated carbocycles. The van der Waals surface area contributed by atoms with Crippen LogP contribution < -0.4 is 73.1 Å². The SMILES string of the molecule is CNC1(N)C2(Oc3c(N)c(N)c4c(N)c(N)oc4c3C1(N)N)OC(N)(N)C(N)(N)O2. The second-order valence-corrected chi connectivity index (χ2v) is 7.49. The van der Waals surface area contributed by atoms with Crippen molar-refractivity contribution in [3.8, 4) is 5.75 Å². The molecule has 16 heteroatoms. The van der Waals surface area contributed by atoms with Crippen LogP contribution in [0.4, 0.5) is 22.9 Å². The first-order valence-electron chi connectivity index (χ1n) is 8.56. The molecule has 1 aromatic carbocycles. The largest absolute Gasteiger partial charge is 0.438 e. The van der Waals surface area contributed by atoms with Crippen LogP contribution in [-0.4, -0.2) is 30.4 Å². The number of fused-ring (bicyclic) bond motifs is 3. The number of furan rings is 1. The number of nitrogens with one attached hydrogen (secondary N) is 1. The maximum absolute atomic E-state index is 6.52. The molecule has 1 atom stereocenters. The first-order chi connectivity index (χ1) is 13.6. The Morgan fingerprint density at radius 2 is 1.30 bits per heavy atom. The van der Waals surface area contributed by atoms with Gasteiger partial charge in [0.25, 0.3) is 0 Å². The van der Waals surface area contributed by atoms with E-state index in [9.17, 15) is 0 Å². The molecule has 0 radical (unpaired) electrons. The Kier molecular flexibility index (Phi) is 3.67. The molecule has 2 aromatic rings. The van der Waals surface area contributed by atoms with Gasteiger partial charge in [-0.2, -0.15) is 0 Å². The van der Waals surface area contributed by atoms with E-state index < -0.39 is 29.0 Å². The molecule has 2 aliphatic heterocycles. The fourth-order valence-corrected chi connectivity index (χ4v) is 3.73. The fourth-order valence-electron chi connectivity index (χ4n) is 3.73. The van der Waals surface area contributed by atoms with Gasteiger partial charge in [-0.1, -0.05) is 0 Å². The number of nitrogen functional groups attached to an aromatic ring is 4. The summed E-state index contributed by atoms with van der Waals surface area (Å²) in [5.74, 6) is -7.38. The Morgan fingerprint density at radius 1 is 0.767 bits per heavy atom. The first kappa shape index (κ1) is 20.6. The molecular weight excluding hydrogens is 400 g/mol. The molecule has 30 heavy (non-hydrogen) atoms. The summed E-state index contributed by atoms with van der Waals surface area (Å²) in [6.45, 7) is 0. The summed E-state index contributed by atoms with van der Waals surface area (Å²) in [7, 11) is 1.39. The van der Waals surface area contributed by atoms with Crippen LogP contribution >= 0.6 is 0 Å². The van der Waals surface area contributed by atoms with Gasteiger partial charge >= 0.3 is 5.97 Å². The molecule has 1 aromatic heterocycles. The number of nitrogens with two attached hydrogens (primary N) is 11. The molecular formula is C14H26N12O4. The normalized spacial score (nSPS) is 27.9. The van der Waals surface area contributed by atoms with Crippen molar-refractivity contribution in [2.24, 2.45) is 40.1 Å². The maximum Gasteiger partial charge on any atom is 0.370 e. The van der Waals surface area contributed by atoms with Crippen LogP contribution in [0, 0.1) is 0 Å². The van der Waals surface area contributed by atoms with Gasteiger partial charge in [0, 0.05) is 0 Å². The van der Waals surface area contributed by atoms with E-state index in [0.717, 1.165) is 0 Å². The summed E-state index contributed by atoms with van der Waals surface area (Å²) in [5.41, 5.74) is 62.6. The number of hydrogen-bond acceptors (Lipinski definition) is 16. The standard InChI is InChI=1S/C14H26N12O4/c1-26-11(21)10(19,20)3-7-2(5(16)9(18)27-7)4(15)6(17)8(3)28-14(11)29-12(22,23)13(24,25)30-14/h26H,15-25H2,1H3. The Balaban J connectivity index is 2.11. The fraction of sp³-hybridized carbons (Fsp3) is 0.429. The third-order valence-electron chi connectivity index (χ3n) is 5.63. The van der Waals surface area contributed by atoms with Crippen molar-refractivity contribution in [1.82, 2.24) is 5.32 Å². The van der Waals surface area contributed by atoms with E-state index in [1.165, 1.54) is 7.05 Å². The molecule has 4 rings (SSSR count). The molecule has 23 N–H and O–H groups in total. The average molecular weight is 426 g/mol. The molecule has 166 valence electrons. The summed E-state index contributed by atoms with van der Waals surface area (Å²) >= 11 is 0. The highest BCUT2D eigenvalue weighted by Crippen LogP contribution is 2.56. The van der Waals surface area contributed by atoms with E-state index >= 15 is 0 Å². The molecule has 1 spiro atoms. The molecule has 1 saturated heterocycles. The number of anilines is 4. The monoisotopic (exact) mass is 426 g/mol. The lowest BCUT2D eigenvalue weighted by atomic mass is 9.81. The molecule has 3 heterocycles. The second kappa shape index (κ2) is 5.34. The van der Waals surface area contributed by atoms with Crippen LogP contribution in [0.3, 0.4) is 0 Å². The minimum absolute atomic E-state index is 0.00635. The second-order valence-electron chi connectivity index (χ2n) is 7.49. The highest BCUT2D eigenvalue weighted by molar-refractivity contribution is 6.10. The minimum Gasteiger partial charge on any atom is -0.438 e. The predicted molar refractivity (Wildman–Crippen MR) is 108 cm³/mol. The maximum atomic E-state index is 6.52. The number of hydrogen-bond donors (Lipinski definition) is 12. The lowest BCUT2D eigenvalue weighted by Gasteiger charge is -2.54. The molecule has 1 unspecified atom stereocenters. The van der Waals surface area contributed by atoms with Gasteiger partial charge in [0.05, 0.1) is 22.3 Å². The average Bonchev–Trinajstić information content (AvgIpc) is 3.00. The zero-order valence-corrected chi connectivity index (χ0v) is 16.0. The topological polar surface area (TPSA) is 339 Å². The van der Waals surface area contributed by atoms with Gasteiger partial charge < -0.3 is 49.3 Å². The molecule has 2 aliphatic rings. The summed E-state index contributed by atoms with van der Waals surface area (Å²) < 4.78 is 22.6. The van der Waals surface area contributed by atoms with E-state index in [4.69, 9.17) is 81.7 Å². The van der Waals surface area contributed by atoms with Gasteiger partial charge in [-0.05, 0) is 7.05 Å². The van der Waals surface area contributed by atoms with Crippen LogP contribution in [0.2, 0.25) is 0 Å². The van der Waals surface area contributed by atoms with Crippen molar-refractivity contribution in [3.05, 3.63) is 5.56 Å². The van der Waals surface area contributed by atoms with Crippen molar-refractivity contribution < 1.29 is 18.6 Å².